The van der Waals surface area contributed by atoms with E-state index < -0.39 is 0 Å². The number of benzene rings is 1. The molecule has 4 rings (SSSR count). The van der Waals surface area contributed by atoms with E-state index >= 15 is 0 Å². The van der Waals surface area contributed by atoms with Gasteiger partial charge < -0.3 is 9.64 Å². The smallest absolute Gasteiger partial charge is 0.168 e. The van der Waals surface area contributed by atoms with Crippen LogP contribution >= 0.6 is 0 Å². The Hall–Kier alpha value is -1.99. The first-order valence-corrected chi connectivity index (χ1v) is 10.8. The predicted octanol–water partition coefficient (Wildman–Crippen LogP) is 2.91. The van der Waals surface area contributed by atoms with E-state index in [-0.39, 0.29) is 12.1 Å². The Morgan fingerprint density at radius 1 is 1.14 bits per heavy atom. The summed E-state index contributed by atoms with van der Waals surface area (Å²) in [6, 6.07) is 11.0. The van der Waals surface area contributed by atoms with Crippen LogP contribution < -0.4 is 4.90 Å². The first kappa shape index (κ1) is 19.3. The highest BCUT2D eigenvalue weighted by Crippen LogP contribution is 2.28. The van der Waals surface area contributed by atoms with Crippen LogP contribution in [0.5, 0.6) is 0 Å². The van der Waals surface area contributed by atoms with Gasteiger partial charge in [-0.1, -0.05) is 38.0 Å². The molecule has 0 amide bonds. The van der Waals surface area contributed by atoms with Gasteiger partial charge in [0.05, 0.1) is 18.7 Å². The Kier molecular flexibility index (Phi) is 6.54. The first-order chi connectivity index (χ1) is 13.8. The zero-order valence-electron chi connectivity index (χ0n) is 16.9. The number of aromatic nitrogens is 4. The number of nitrogens with zero attached hydrogens (tertiary/aromatic N) is 6. The highest BCUT2D eigenvalue weighted by molar-refractivity contribution is 5.46. The number of unbranched alkanes of at least 4 members (excludes halogenated alkanes) is 1. The Balaban J connectivity index is 1.44. The monoisotopic (exact) mass is 384 g/mol. The third-order valence-electron chi connectivity index (χ3n) is 5.97. The van der Waals surface area contributed by atoms with E-state index in [0.29, 0.717) is 0 Å². The van der Waals surface area contributed by atoms with Crippen LogP contribution in [0, 0.1) is 0 Å². The quantitative estimate of drug-likeness (QED) is 0.697. The molecule has 0 radical (unpaired) electrons. The molecule has 1 aromatic carbocycles. The van der Waals surface area contributed by atoms with E-state index in [1.54, 1.807) is 0 Å². The van der Waals surface area contributed by atoms with Crippen molar-refractivity contribution in [2.45, 2.75) is 57.7 Å². The van der Waals surface area contributed by atoms with Gasteiger partial charge in [0.1, 0.15) is 0 Å². The highest BCUT2D eigenvalue weighted by atomic mass is 16.5. The predicted molar refractivity (Wildman–Crippen MR) is 109 cm³/mol. The third-order valence-corrected chi connectivity index (χ3v) is 5.97. The molecule has 7 nitrogen and oxygen atoms in total. The van der Waals surface area contributed by atoms with Crippen LogP contribution in [-0.2, 0) is 11.3 Å². The summed E-state index contributed by atoms with van der Waals surface area (Å²) in [6.07, 6.45) is 5.99. The summed E-state index contributed by atoms with van der Waals surface area (Å²) in [5.41, 5.74) is 1.32. The summed E-state index contributed by atoms with van der Waals surface area (Å²) in [7, 11) is 0. The normalized spacial score (nSPS) is 21.9. The second kappa shape index (κ2) is 9.47. The highest BCUT2D eigenvalue weighted by Gasteiger charge is 2.30. The van der Waals surface area contributed by atoms with Gasteiger partial charge >= 0.3 is 0 Å². The lowest BCUT2D eigenvalue weighted by Gasteiger charge is -2.39. The van der Waals surface area contributed by atoms with Crippen molar-refractivity contribution in [3.05, 3.63) is 36.2 Å². The van der Waals surface area contributed by atoms with E-state index in [1.807, 2.05) is 4.68 Å². The number of rotatable bonds is 8. The Bertz CT molecular complexity index is 707. The van der Waals surface area contributed by atoms with Crippen LogP contribution in [0.25, 0.3) is 0 Å². The van der Waals surface area contributed by atoms with E-state index in [1.165, 1.54) is 18.5 Å². The van der Waals surface area contributed by atoms with Gasteiger partial charge in [-0.2, -0.15) is 0 Å². The fourth-order valence-electron chi connectivity index (χ4n) is 4.36. The average Bonchev–Trinajstić information content (AvgIpc) is 3.42. The number of hydrogen-bond acceptors (Lipinski definition) is 6. The maximum atomic E-state index is 5.81. The van der Waals surface area contributed by atoms with E-state index in [2.05, 4.69) is 62.6 Å². The van der Waals surface area contributed by atoms with E-state index in [4.69, 9.17) is 4.74 Å². The summed E-state index contributed by atoms with van der Waals surface area (Å²) < 4.78 is 7.81. The van der Waals surface area contributed by atoms with Crippen molar-refractivity contribution in [3.8, 4) is 0 Å². The van der Waals surface area contributed by atoms with E-state index in [0.717, 1.165) is 64.4 Å². The van der Waals surface area contributed by atoms with Crippen LogP contribution in [0.1, 0.15) is 50.9 Å². The minimum absolute atomic E-state index is 0.254. The van der Waals surface area contributed by atoms with Gasteiger partial charge in [0, 0.05) is 38.5 Å². The maximum Gasteiger partial charge on any atom is 0.168 e. The SMILES string of the molecule is CCCC[C@H](c1nnnn1C[C@H]1CCCO1)N1CCN(c2ccccc2)CC1. The van der Waals surface area contributed by atoms with Crippen LogP contribution in [0.15, 0.2) is 30.3 Å². The molecule has 2 atom stereocenters. The summed E-state index contributed by atoms with van der Waals surface area (Å²) in [4.78, 5) is 5.05. The standard InChI is InChI=1S/C21H32N6O/c1-2-3-11-20(21-22-23-24-27(21)17-19-10-7-16-28-19)26-14-12-25(13-15-26)18-8-5-4-6-9-18/h4-6,8-9,19-20H,2-3,7,10-17H2,1H3/t19-,20-/m1/s1. The second-order valence-corrected chi connectivity index (χ2v) is 7.87. The molecule has 2 aliphatic rings. The van der Waals surface area contributed by atoms with Gasteiger partial charge in [-0.15, -0.1) is 5.10 Å². The molecule has 2 saturated heterocycles. The third kappa shape index (κ3) is 4.52. The topological polar surface area (TPSA) is 59.3 Å². The van der Waals surface area contributed by atoms with Crippen LogP contribution in [0.3, 0.4) is 0 Å². The van der Waals surface area contributed by atoms with Crippen LogP contribution in [0.4, 0.5) is 5.69 Å². The molecule has 0 aliphatic carbocycles. The number of tetrazole rings is 1. The Labute approximate surface area is 167 Å². The zero-order chi connectivity index (χ0) is 19.2. The van der Waals surface area contributed by atoms with Crippen LogP contribution in [0.2, 0.25) is 0 Å². The Morgan fingerprint density at radius 3 is 2.68 bits per heavy atom. The molecule has 0 bridgehead atoms. The first-order valence-electron chi connectivity index (χ1n) is 10.8. The minimum Gasteiger partial charge on any atom is -0.376 e. The summed E-state index contributed by atoms with van der Waals surface area (Å²) >= 11 is 0. The van der Waals surface area contributed by atoms with Gasteiger partial charge in [0.25, 0.3) is 0 Å². The lowest BCUT2D eigenvalue weighted by Crippen LogP contribution is -2.48. The summed E-state index contributed by atoms with van der Waals surface area (Å²) in [5.74, 6) is 1.01. The van der Waals surface area contributed by atoms with Crippen molar-refractivity contribution in [2.24, 2.45) is 0 Å². The molecule has 1 aromatic heterocycles. The molecule has 0 saturated carbocycles. The van der Waals surface area contributed by atoms with Gasteiger partial charge in [-0.3, -0.25) is 4.90 Å². The maximum absolute atomic E-state index is 5.81. The van der Waals surface area contributed by atoms with Crippen molar-refractivity contribution < 1.29 is 4.74 Å². The van der Waals surface area contributed by atoms with E-state index in [9.17, 15) is 0 Å². The molecule has 3 heterocycles. The van der Waals surface area contributed by atoms with Crippen molar-refractivity contribution in [3.63, 3.8) is 0 Å². The molecule has 7 heteroatoms. The van der Waals surface area contributed by atoms with Gasteiger partial charge in [-0.05, 0) is 41.8 Å². The average molecular weight is 385 g/mol. The van der Waals surface area contributed by atoms with Crippen molar-refractivity contribution >= 4 is 5.69 Å². The fourth-order valence-corrected chi connectivity index (χ4v) is 4.36. The minimum atomic E-state index is 0.254. The lowest BCUT2D eigenvalue weighted by molar-refractivity contribution is 0.0890. The number of anilines is 1. The Morgan fingerprint density at radius 2 is 1.96 bits per heavy atom. The number of ether oxygens (including phenoxy) is 1. The van der Waals surface area contributed by atoms with Crippen LogP contribution in [-0.4, -0.2) is 64.0 Å². The molecule has 0 unspecified atom stereocenters. The molecular weight excluding hydrogens is 352 g/mol. The molecule has 28 heavy (non-hydrogen) atoms. The molecule has 0 N–H and O–H groups in total. The molecule has 2 aliphatic heterocycles. The molecule has 152 valence electrons. The molecule has 2 fully saturated rings. The second-order valence-electron chi connectivity index (χ2n) is 7.87. The van der Waals surface area contributed by atoms with Crippen molar-refractivity contribution in [2.75, 3.05) is 37.7 Å². The number of para-hydroxylation sites is 1. The fraction of sp³-hybridized carbons (Fsp3) is 0.667. The van der Waals surface area contributed by atoms with Gasteiger partial charge in [0.15, 0.2) is 5.82 Å². The summed E-state index contributed by atoms with van der Waals surface area (Å²) in [5, 5.41) is 12.8. The molecule has 0 spiro atoms. The summed E-state index contributed by atoms with van der Waals surface area (Å²) in [6.45, 7) is 8.05. The van der Waals surface area contributed by atoms with Gasteiger partial charge in [0.2, 0.25) is 0 Å². The van der Waals surface area contributed by atoms with Crippen molar-refractivity contribution in [1.29, 1.82) is 0 Å². The largest absolute Gasteiger partial charge is 0.376 e. The lowest BCUT2D eigenvalue weighted by atomic mass is 10.1. The van der Waals surface area contributed by atoms with Crippen molar-refractivity contribution in [1.82, 2.24) is 25.1 Å². The molecule has 2 aromatic rings. The molecular formula is C21H32N6O. The number of piperazine rings is 1. The number of hydrogen-bond donors (Lipinski definition) is 0. The van der Waals surface area contributed by atoms with Gasteiger partial charge in [-0.25, -0.2) is 4.68 Å². The zero-order valence-corrected chi connectivity index (χ0v) is 16.9.